The van der Waals surface area contributed by atoms with Crippen molar-refractivity contribution in [1.29, 1.82) is 0 Å². The van der Waals surface area contributed by atoms with Crippen LogP contribution in [-0.4, -0.2) is 25.2 Å². The number of unbranched alkanes of at least 4 members (excludes halogenated alkanes) is 7. The summed E-state index contributed by atoms with van der Waals surface area (Å²) >= 11 is 17.7. The molecule has 0 aliphatic carbocycles. The molecule has 0 aliphatic rings. The fourth-order valence-electron chi connectivity index (χ4n) is 2.88. The molecule has 30 heavy (non-hydrogen) atoms. The summed E-state index contributed by atoms with van der Waals surface area (Å²) in [6.45, 7) is 3.36. The van der Waals surface area contributed by atoms with E-state index in [2.05, 4.69) is 6.92 Å². The van der Waals surface area contributed by atoms with E-state index in [9.17, 15) is 9.90 Å². The number of rotatable bonds is 17. The molecule has 0 atom stereocenters. The van der Waals surface area contributed by atoms with Crippen molar-refractivity contribution < 1.29 is 19.4 Å². The Hall–Kier alpha value is -0.883. The lowest BCUT2D eigenvalue weighted by atomic mass is 10.1. The van der Waals surface area contributed by atoms with Crippen molar-refractivity contribution in [2.24, 2.45) is 0 Å². The first kappa shape index (κ1) is 27.2. The van der Waals surface area contributed by atoms with Gasteiger partial charge in [-0.3, -0.25) is 0 Å². The molecule has 0 saturated heterocycles. The number of aliphatic carboxylic acids is 1. The molecule has 0 aliphatic heterocycles. The third-order valence-corrected chi connectivity index (χ3v) is 7.12. The molecule has 170 valence electrons. The Morgan fingerprint density at radius 2 is 1.53 bits per heavy atom. The maximum atomic E-state index is 10.6. The summed E-state index contributed by atoms with van der Waals surface area (Å²) in [5.41, 5.74) is 0.731. The SMILES string of the molecule is CCCCCOc1cc(/C=C/C(=O)[O-])ccc1OCCCCCCCC[Si](Cl)(Cl)Cl. The lowest BCUT2D eigenvalue weighted by molar-refractivity contribution is -0.297. The third-order valence-electron chi connectivity index (χ3n) is 4.50. The van der Waals surface area contributed by atoms with Gasteiger partial charge in [0.25, 0.3) is 0 Å². The number of hydrogen-bond donors (Lipinski definition) is 0. The fourth-order valence-corrected chi connectivity index (χ4v) is 4.73. The van der Waals surface area contributed by atoms with Crippen molar-refractivity contribution >= 4 is 51.3 Å². The van der Waals surface area contributed by atoms with Crippen LogP contribution in [0.2, 0.25) is 6.04 Å². The first-order valence-corrected chi connectivity index (χ1v) is 15.9. The second-order valence-corrected chi connectivity index (χ2v) is 16.5. The Morgan fingerprint density at radius 1 is 0.933 bits per heavy atom. The second kappa shape index (κ2) is 15.8. The number of carboxylic acids is 1. The first-order chi connectivity index (χ1) is 14.3. The molecule has 0 aromatic heterocycles. The molecule has 0 unspecified atom stereocenters. The molecule has 0 saturated carbocycles. The summed E-state index contributed by atoms with van der Waals surface area (Å²) in [7, 11) is 0. The van der Waals surface area contributed by atoms with Crippen LogP contribution in [0.5, 0.6) is 11.5 Å². The lowest BCUT2D eigenvalue weighted by Gasteiger charge is -2.14. The van der Waals surface area contributed by atoms with Gasteiger partial charge in [-0.15, -0.1) is 33.2 Å². The van der Waals surface area contributed by atoms with E-state index in [0.717, 1.165) is 75.5 Å². The predicted molar refractivity (Wildman–Crippen MR) is 127 cm³/mol. The van der Waals surface area contributed by atoms with E-state index in [1.807, 2.05) is 12.1 Å². The van der Waals surface area contributed by atoms with E-state index in [1.54, 1.807) is 6.07 Å². The van der Waals surface area contributed by atoms with Gasteiger partial charge >= 0.3 is 6.00 Å². The summed E-state index contributed by atoms with van der Waals surface area (Å²) < 4.78 is 11.8. The lowest BCUT2D eigenvalue weighted by Crippen LogP contribution is -2.18. The van der Waals surface area contributed by atoms with Gasteiger partial charge in [-0.2, -0.15) is 0 Å². The minimum atomic E-state index is -2.46. The normalized spacial score (nSPS) is 11.7. The number of ether oxygens (including phenoxy) is 2. The summed E-state index contributed by atoms with van der Waals surface area (Å²) in [5.74, 6) is 0.0994. The topological polar surface area (TPSA) is 58.6 Å². The molecule has 0 radical (unpaired) electrons. The van der Waals surface area contributed by atoms with E-state index in [1.165, 1.54) is 6.08 Å². The van der Waals surface area contributed by atoms with Crippen molar-refractivity contribution in [2.45, 2.75) is 70.8 Å². The summed E-state index contributed by atoms with van der Waals surface area (Å²) in [6, 6.07) is 3.70. The molecule has 4 nitrogen and oxygen atoms in total. The Kier molecular flexibility index (Phi) is 14.3. The largest absolute Gasteiger partial charge is 0.545 e. The van der Waals surface area contributed by atoms with Crippen molar-refractivity contribution in [1.82, 2.24) is 0 Å². The highest BCUT2D eigenvalue weighted by Crippen LogP contribution is 2.30. The molecule has 1 aromatic rings. The minimum Gasteiger partial charge on any atom is -0.545 e. The van der Waals surface area contributed by atoms with Gasteiger partial charge in [0.1, 0.15) is 0 Å². The molecule has 0 bridgehead atoms. The van der Waals surface area contributed by atoms with E-state index < -0.39 is 12.0 Å². The third kappa shape index (κ3) is 14.2. The quantitative estimate of drug-likeness (QED) is 0.109. The summed E-state index contributed by atoms with van der Waals surface area (Å²) in [5, 5.41) is 10.6. The van der Waals surface area contributed by atoms with Crippen LogP contribution < -0.4 is 14.6 Å². The van der Waals surface area contributed by atoms with Gasteiger partial charge in [-0.1, -0.05) is 64.0 Å². The highest BCUT2D eigenvalue weighted by Gasteiger charge is 2.23. The molecule has 0 amide bonds. The number of carboxylic acid groups (broad SMARTS) is 1. The van der Waals surface area contributed by atoms with Crippen molar-refractivity contribution in [2.75, 3.05) is 13.2 Å². The summed E-state index contributed by atoms with van der Waals surface area (Å²) in [4.78, 5) is 10.6. The van der Waals surface area contributed by atoms with Gasteiger partial charge in [0.05, 0.1) is 19.2 Å². The van der Waals surface area contributed by atoms with Crippen LogP contribution >= 0.6 is 33.2 Å². The molecular weight excluding hydrogens is 463 g/mol. The predicted octanol–water partition coefficient (Wildman–Crippen LogP) is 6.39. The molecule has 1 rings (SSSR count). The average Bonchev–Trinajstić information content (AvgIpc) is 2.68. The van der Waals surface area contributed by atoms with Crippen LogP contribution in [0.25, 0.3) is 6.08 Å². The number of carbonyl (C=O) groups is 1. The molecular formula is C22H32Cl3O4Si-. The number of halogens is 3. The van der Waals surface area contributed by atoms with Crippen molar-refractivity contribution in [3.05, 3.63) is 29.8 Å². The number of hydrogen-bond acceptors (Lipinski definition) is 4. The number of benzene rings is 1. The highest BCUT2D eigenvalue weighted by atomic mass is 35.8. The second-order valence-electron chi connectivity index (χ2n) is 7.25. The Labute approximate surface area is 195 Å². The zero-order chi connectivity index (χ0) is 22.2. The average molecular weight is 495 g/mol. The summed E-state index contributed by atoms with van der Waals surface area (Å²) in [6.07, 6.45) is 12.1. The first-order valence-electron chi connectivity index (χ1n) is 10.7. The molecule has 1 aromatic carbocycles. The van der Waals surface area contributed by atoms with Crippen LogP contribution in [0.15, 0.2) is 24.3 Å². The highest BCUT2D eigenvalue weighted by molar-refractivity contribution is 7.64. The molecule has 8 heteroatoms. The zero-order valence-electron chi connectivity index (χ0n) is 17.6. The van der Waals surface area contributed by atoms with Crippen LogP contribution in [0, 0.1) is 0 Å². The van der Waals surface area contributed by atoms with Crippen LogP contribution in [0.3, 0.4) is 0 Å². The van der Waals surface area contributed by atoms with Gasteiger partial charge in [0, 0.05) is 0 Å². The van der Waals surface area contributed by atoms with Crippen molar-refractivity contribution in [3.63, 3.8) is 0 Å². The van der Waals surface area contributed by atoms with Gasteiger partial charge in [-0.25, -0.2) is 0 Å². The molecule has 0 N–H and O–H groups in total. The maximum Gasteiger partial charge on any atom is 0.341 e. The van der Waals surface area contributed by atoms with E-state index in [-0.39, 0.29) is 0 Å². The molecule has 0 spiro atoms. The van der Waals surface area contributed by atoms with Gasteiger partial charge in [0.15, 0.2) is 11.5 Å². The fraction of sp³-hybridized carbons (Fsp3) is 0.591. The van der Waals surface area contributed by atoms with Gasteiger partial charge < -0.3 is 19.4 Å². The molecule has 0 heterocycles. The Morgan fingerprint density at radius 3 is 2.17 bits per heavy atom. The van der Waals surface area contributed by atoms with Crippen molar-refractivity contribution in [3.8, 4) is 11.5 Å². The minimum absolute atomic E-state index is 0.606. The Bertz CT molecular complexity index is 648. The van der Waals surface area contributed by atoms with Crippen LogP contribution in [0.4, 0.5) is 0 Å². The monoisotopic (exact) mass is 493 g/mol. The van der Waals surface area contributed by atoms with E-state index >= 15 is 0 Å². The smallest absolute Gasteiger partial charge is 0.341 e. The van der Waals surface area contributed by atoms with E-state index in [0.29, 0.717) is 24.7 Å². The van der Waals surface area contributed by atoms with Gasteiger partial charge in [-0.05, 0) is 42.7 Å². The standard InChI is InChI=1S/C22H33Cl3O4Si/c1-2-3-8-15-29-21-18-19(12-14-22(26)27)11-13-20(21)28-16-9-6-4-5-7-10-17-30(23,24)25/h11-14,18H,2-10,15-17H2,1H3,(H,26,27)/p-1/b14-12+. The maximum absolute atomic E-state index is 10.6. The van der Waals surface area contributed by atoms with Gasteiger partial charge in [0.2, 0.25) is 0 Å². The van der Waals surface area contributed by atoms with Crippen LogP contribution in [0.1, 0.15) is 70.3 Å². The number of carbonyl (C=O) groups excluding carboxylic acids is 1. The van der Waals surface area contributed by atoms with E-state index in [4.69, 9.17) is 42.7 Å². The Balaban J connectivity index is 2.42. The zero-order valence-corrected chi connectivity index (χ0v) is 20.9. The van der Waals surface area contributed by atoms with Crippen LogP contribution in [-0.2, 0) is 4.79 Å². The molecule has 0 fully saturated rings.